The van der Waals surface area contributed by atoms with Crippen LogP contribution in [-0.4, -0.2) is 10.9 Å². The predicted octanol–water partition coefficient (Wildman–Crippen LogP) is 7.03. The first-order valence-corrected chi connectivity index (χ1v) is 10.5. The first-order valence-electron chi connectivity index (χ1n) is 10.5. The molecule has 0 fully saturated rings. The number of anilines is 1. The first kappa shape index (κ1) is 19.8. The lowest BCUT2D eigenvalue weighted by Gasteiger charge is -2.10. The molecule has 4 aromatic carbocycles. The molecule has 0 aliphatic carbocycles. The Hall–Kier alpha value is -4.18. The Bertz CT molecular complexity index is 1420. The number of hydrogen-bond donors (Lipinski definition) is 1. The van der Waals surface area contributed by atoms with Crippen molar-refractivity contribution < 1.29 is 9.21 Å². The second-order valence-electron chi connectivity index (χ2n) is 7.92. The van der Waals surface area contributed by atoms with E-state index in [0.29, 0.717) is 11.5 Å². The Morgan fingerprint density at radius 3 is 2.28 bits per heavy atom. The minimum atomic E-state index is -0.155. The number of nitrogens with one attached hydrogen (secondary N) is 1. The second-order valence-corrected chi connectivity index (χ2v) is 7.92. The number of nitrogens with zero attached hydrogens (tertiary/aromatic N) is 1. The lowest BCUT2D eigenvalue weighted by Crippen LogP contribution is -2.12. The molecule has 156 valence electrons. The molecule has 5 rings (SSSR count). The van der Waals surface area contributed by atoms with Crippen LogP contribution in [0, 0.1) is 13.8 Å². The second kappa shape index (κ2) is 8.16. The molecule has 32 heavy (non-hydrogen) atoms. The van der Waals surface area contributed by atoms with E-state index < -0.39 is 0 Å². The minimum Gasteiger partial charge on any atom is -0.436 e. The zero-order chi connectivity index (χ0) is 22.1. The number of aromatic nitrogens is 1. The van der Waals surface area contributed by atoms with Gasteiger partial charge in [0.1, 0.15) is 5.52 Å². The molecule has 0 bridgehead atoms. The van der Waals surface area contributed by atoms with E-state index in [1.165, 1.54) is 0 Å². The van der Waals surface area contributed by atoms with Crippen LogP contribution in [0.25, 0.3) is 33.7 Å². The molecule has 4 nitrogen and oxygen atoms in total. The van der Waals surface area contributed by atoms with Crippen molar-refractivity contribution in [2.45, 2.75) is 13.8 Å². The largest absolute Gasteiger partial charge is 0.436 e. The molecule has 0 saturated heterocycles. The average Bonchev–Trinajstić information content (AvgIpc) is 3.24. The maximum atomic E-state index is 12.9. The number of oxazole rings is 1. The van der Waals surface area contributed by atoms with Crippen molar-refractivity contribution in [3.63, 3.8) is 0 Å². The molecular formula is C28H22N2O2. The van der Waals surface area contributed by atoms with Gasteiger partial charge in [0.2, 0.25) is 5.89 Å². The molecule has 0 unspecified atom stereocenters. The maximum Gasteiger partial charge on any atom is 0.255 e. The molecule has 0 aliphatic rings. The van der Waals surface area contributed by atoms with E-state index in [2.05, 4.69) is 22.4 Å². The van der Waals surface area contributed by atoms with Gasteiger partial charge in [-0.05, 0) is 72.5 Å². The third kappa shape index (κ3) is 3.91. The van der Waals surface area contributed by atoms with E-state index in [-0.39, 0.29) is 5.91 Å². The van der Waals surface area contributed by atoms with Crippen molar-refractivity contribution in [3.05, 3.63) is 108 Å². The van der Waals surface area contributed by atoms with E-state index in [4.69, 9.17) is 4.42 Å². The lowest BCUT2D eigenvalue weighted by atomic mass is 10.0. The van der Waals surface area contributed by atoms with Crippen LogP contribution in [0.4, 0.5) is 5.69 Å². The monoisotopic (exact) mass is 418 g/mol. The van der Waals surface area contributed by atoms with E-state index in [1.54, 1.807) is 0 Å². The van der Waals surface area contributed by atoms with Gasteiger partial charge in [0.15, 0.2) is 5.58 Å². The topological polar surface area (TPSA) is 55.1 Å². The van der Waals surface area contributed by atoms with Crippen LogP contribution < -0.4 is 5.32 Å². The molecule has 1 amide bonds. The number of aryl methyl sites for hydroxylation is 2. The summed E-state index contributed by atoms with van der Waals surface area (Å²) in [6, 6.07) is 29.5. The molecule has 0 radical (unpaired) electrons. The maximum absolute atomic E-state index is 12.9. The van der Waals surface area contributed by atoms with Gasteiger partial charge in [-0.25, -0.2) is 4.98 Å². The summed E-state index contributed by atoms with van der Waals surface area (Å²) in [4.78, 5) is 17.5. The summed E-state index contributed by atoms with van der Waals surface area (Å²) in [6.45, 7) is 3.99. The van der Waals surface area contributed by atoms with Crippen molar-refractivity contribution in [1.29, 1.82) is 0 Å². The van der Waals surface area contributed by atoms with Crippen molar-refractivity contribution in [2.24, 2.45) is 0 Å². The number of hydrogen-bond acceptors (Lipinski definition) is 3. The molecule has 0 saturated carbocycles. The molecule has 0 aliphatic heterocycles. The Balaban J connectivity index is 1.39. The van der Waals surface area contributed by atoms with E-state index in [0.717, 1.165) is 44.6 Å². The van der Waals surface area contributed by atoms with Gasteiger partial charge < -0.3 is 9.73 Å². The molecule has 1 aromatic heterocycles. The number of rotatable bonds is 4. The first-order chi connectivity index (χ1) is 15.6. The lowest BCUT2D eigenvalue weighted by molar-refractivity contribution is 0.102. The normalized spacial score (nSPS) is 10.9. The third-order valence-corrected chi connectivity index (χ3v) is 5.53. The Kier molecular flexibility index (Phi) is 5.04. The Labute approximate surface area is 186 Å². The molecule has 5 aromatic rings. The molecule has 1 heterocycles. The molecule has 0 spiro atoms. The van der Waals surface area contributed by atoms with Crippen LogP contribution in [0.1, 0.15) is 21.5 Å². The number of amides is 1. The number of carbonyl (C=O) groups excluding carboxylic acids is 1. The van der Waals surface area contributed by atoms with E-state index in [1.807, 2.05) is 92.7 Å². The van der Waals surface area contributed by atoms with Crippen LogP contribution in [0.5, 0.6) is 0 Å². The molecule has 4 heteroatoms. The van der Waals surface area contributed by atoms with Crippen LogP contribution in [0.3, 0.4) is 0 Å². The standard InChI is InChI=1S/C28H22N2O2/c1-18-8-15-24-26(16-18)32-28(30-24)23-10-9-19(2)25(17-23)29-27(31)22-13-11-21(12-14-22)20-6-4-3-5-7-20/h3-17H,1-2H3,(H,29,31). The van der Waals surface area contributed by atoms with Gasteiger partial charge in [0, 0.05) is 16.8 Å². The average molecular weight is 418 g/mol. The fourth-order valence-corrected chi connectivity index (χ4v) is 3.68. The highest BCUT2D eigenvalue weighted by molar-refractivity contribution is 6.05. The van der Waals surface area contributed by atoms with E-state index >= 15 is 0 Å². The SMILES string of the molecule is Cc1ccc2nc(-c3ccc(C)c(NC(=O)c4ccc(-c5ccccc5)cc4)c3)oc2c1. The van der Waals surface area contributed by atoms with Gasteiger partial charge in [-0.2, -0.15) is 0 Å². The summed E-state index contributed by atoms with van der Waals surface area (Å²) in [5.41, 5.74) is 8.01. The summed E-state index contributed by atoms with van der Waals surface area (Å²) in [6.07, 6.45) is 0. The number of benzene rings is 4. The zero-order valence-corrected chi connectivity index (χ0v) is 17.9. The summed E-state index contributed by atoms with van der Waals surface area (Å²) < 4.78 is 5.95. The van der Waals surface area contributed by atoms with Crippen molar-refractivity contribution in [2.75, 3.05) is 5.32 Å². The highest BCUT2D eigenvalue weighted by Crippen LogP contribution is 2.29. The molecular weight excluding hydrogens is 396 g/mol. The van der Waals surface area contributed by atoms with Gasteiger partial charge in [-0.15, -0.1) is 0 Å². The van der Waals surface area contributed by atoms with Gasteiger partial charge in [0.05, 0.1) is 0 Å². The van der Waals surface area contributed by atoms with Crippen molar-refractivity contribution in [3.8, 4) is 22.6 Å². The van der Waals surface area contributed by atoms with Crippen LogP contribution >= 0.6 is 0 Å². The molecule has 1 N–H and O–H groups in total. The summed E-state index contributed by atoms with van der Waals surface area (Å²) in [5.74, 6) is 0.381. The summed E-state index contributed by atoms with van der Waals surface area (Å²) in [5, 5.41) is 3.03. The number of fused-ring (bicyclic) bond motifs is 1. The summed E-state index contributed by atoms with van der Waals surface area (Å²) in [7, 11) is 0. The fraction of sp³-hybridized carbons (Fsp3) is 0.0714. The number of carbonyl (C=O) groups is 1. The minimum absolute atomic E-state index is 0.155. The fourth-order valence-electron chi connectivity index (χ4n) is 3.68. The van der Waals surface area contributed by atoms with Crippen LogP contribution in [0.2, 0.25) is 0 Å². The van der Waals surface area contributed by atoms with Crippen LogP contribution in [0.15, 0.2) is 95.4 Å². The van der Waals surface area contributed by atoms with Crippen molar-refractivity contribution >= 4 is 22.7 Å². The van der Waals surface area contributed by atoms with Crippen molar-refractivity contribution in [1.82, 2.24) is 4.98 Å². The van der Waals surface area contributed by atoms with Gasteiger partial charge in [-0.1, -0.05) is 54.6 Å². The quantitative estimate of drug-likeness (QED) is 0.341. The third-order valence-electron chi connectivity index (χ3n) is 5.53. The molecule has 0 atom stereocenters. The van der Waals surface area contributed by atoms with Gasteiger partial charge >= 0.3 is 0 Å². The smallest absolute Gasteiger partial charge is 0.255 e. The summed E-state index contributed by atoms with van der Waals surface area (Å²) >= 11 is 0. The zero-order valence-electron chi connectivity index (χ0n) is 17.9. The highest BCUT2D eigenvalue weighted by atomic mass is 16.3. The van der Waals surface area contributed by atoms with Crippen LogP contribution in [-0.2, 0) is 0 Å². The Morgan fingerprint density at radius 2 is 1.50 bits per heavy atom. The predicted molar refractivity (Wildman–Crippen MR) is 129 cm³/mol. The Morgan fingerprint density at radius 1 is 0.781 bits per heavy atom. The van der Waals surface area contributed by atoms with Gasteiger partial charge in [-0.3, -0.25) is 4.79 Å². The van der Waals surface area contributed by atoms with Gasteiger partial charge in [0.25, 0.3) is 5.91 Å². The highest BCUT2D eigenvalue weighted by Gasteiger charge is 2.13. The van der Waals surface area contributed by atoms with E-state index in [9.17, 15) is 4.79 Å².